The molecule has 0 saturated heterocycles. The van der Waals surface area contributed by atoms with Crippen LogP contribution in [0.25, 0.3) is 0 Å². The largest absolute Gasteiger partial charge is 0.468 e. The molecule has 0 saturated carbocycles. The zero-order chi connectivity index (χ0) is 13.8. The third-order valence-electron chi connectivity index (χ3n) is 1.78. The maximum atomic E-state index is 12.5. The number of rotatable bonds is 4. The maximum Gasteiger partial charge on any atom is 0.451 e. The van der Waals surface area contributed by atoms with Crippen molar-refractivity contribution in [3.05, 3.63) is 11.9 Å². The SMILES string of the molecule is CNc1cc(SCC(=O)OC)nc(C(F)(F)F)n1. The minimum Gasteiger partial charge on any atom is -0.468 e. The lowest BCUT2D eigenvalue weighted by Gasteiger charge is -2.09. The standard InChI is InChI=1S/C9H10F3N3O2S/c1-13-5-3-6(18-4-7(16)17-2)15-8(14-5)9(10,11)12/h3H,4H2,1-2H3,(H,13,14,15). The molecule has 0 aliphatic carbocycles. The van der Waals surface area contributed by atoms with E-state index >= 15 is 0 Å². The van der Waals surface area contributed by atoms with E-state index in [1.165, 1.54) is 20.2 Å². The molecule has 1 rings (SSSR count). The zero-order valence-electron chi connectivity index (χ0n) is 9.54. The third-order valence-corrected chi connectivity index (χ3v) is 2.66. The summed E-state index contributed by atoms with van der Waals surface area (Å²) in [5.41, 5.74) is 0. The van der Waals surface area contributed by atoms with E-state index in [-0.39, 0.29) is 16.6 Å². The summed E-state index contributed by atoms with van der Waals surface area (Å²) in [7, 11) is 2.64. The number of nitrogens with one attached hydrogen (secondary N) is 1. The zero-order valence-corrected chi connectivity index (χ0v) is 10.4. The lowest BCUT2D eigenvalue weighted by molar-refractivity contribution is -0.145. The number of carbonyl (C=O) groups excluding carboxylic acids is 1. The van der Waals surface area contributed by atoms with Gasteiger partial charge in [-0.2, -0.15) is 13.2 Å². The van der Waals surface area contributed by atoms with Gasteiger partial charge in [-0.3, -0.25) is 4.79 Å². The first kappa shape index (κ1) is 14.6. The number of nitrogens with zero attached hydrogens (tertiary/aromatic N) is 2. The molecule has 0 fully saturated rings. The molecule has 5 nitrogen and oxygen atoms in total. The van der Waals surface area contributed by atoms with Crippen LogP contribution in [0.2, 0.25) is 0 Å². The van der Waals surface area contributed by atoms with Gasteiger partial charge in [0.05, 0.1) is 12.9 Å². The summed E-state index contributed by atoms with van der Waals surface area (Å²) in [6.07, 6.45) is -4.63. The Morgan fingerprint density at radius 1 is 1.50 bits per heavy atom. The van der Waals surface area contributed by atoms with Crippen LogP contribution in [0.1, 0.15) is 5.82 Å². The van der Waals surface area contributed by atoms with Gasteiger partial charge in [0, 0.05) is 13.1 Å². The Morgan fingerprint density at radius 3 is 2.67 bits per heavy atom. The lowest BCUT2D eigenvalue weighted by Crippen LogP contribution is -2.13. The maximum absolute atomic E-state index is 12.5. The van der Waals surface area contributed by atoms with Crippen LogP contribution in [0.5, 0.6) is 0 Å². The number of esters is 1. The van der Waals surface area contributed by atoms with E-state index in [4.69, 9.17) is 0 Å². The van der Waals surface area contributed by atoms with Gasteiger partial charge in [-0.1, -0.05) is 11.8 Å². The van der Waals surface area contributed by atoms with Crippen LogP contribution in [-0.4, -0.2) is 35.8 Å². The smallest absolute Gasteiger partial charge is 0.451 e. The van der Waals surface area contributed by atoms with Crippen molar-refractivity contribution < 1.29 is 22.7 Å². The second-order valence-corrected chi connectivity index (χ2v) is 4.02. The predicted octanol–water partition coefficient (Wildman–Crippen LogP) is 1.80. The monoisotopic (exact) mass is 281 g/mol. The minimum absolute atomic E-state index is 0.0321. The van der Waals surface area contributed by atoms with Crippen LogP contribution in [0, 0.1) is 0 Å². The van der Waals surface area contributed by atoms with E-state index in [0.29, 0.717) is 0 Å². The van der Waals surface area contributed by atoms with Crippen molar-refractivity contribution in [1.82, 2.24) is 9.97 Å². The van der Waals surface area contributed by atoms with Crippen molar-refractivity contribution in [2.24, 2.45) is 0 Å². The van der Waals surface area contributed by atoms with Crippen molar-refractivity contribution in [2.45, 2.75) is 11.2 Å². The van der Waals surface area contributed by atoms with Crippen LogP contribution < -0.4 is 5.32 Å². The number of thioether (sulfide) groups is 1. The van der Waals surface area contributed by atoms with Crippen LogP contribution in [-0.2, 0) is 15.7 Å². The Labute approximate surface area is 105 Å². The van der Waals surface area contributed by atoms with E-state index in [2.05, 4.69) is 20.0 Å². The number of ether oxygens (including phenoxy) is 1. The number of aromatic nitrogens is 2. The second kappa shape index (κ2) is 5.89. The third kappa shape index (κ3) is 4.06. The average Bonchev–Trinajstić information content (AvgIpc) is 2.34. The normalized spacial score (nSPS) is 11.2. The summed E-state index contributed by atoms with van der Waals surface area (Å²) in [6.45, 7) is 0. The fraction of sp³-hybridized carbons (Fsp3) is 0.444. The first-order chi connectivity index (χ1) is 8.36. The van der Waals surface area contributed by atoms with Gasteiger partial charge in [-0.05, 0) is 0 Å². The number of halogens is 3. The Balaban J connectivity index is 2.94. The van der Waals surface area contributed by atoms with E-state index < -0.39 is 18.0 Å². The Bertz CT molecular complexity index is 440. The number of anilines is 1. The van der Waals surface area contributed by atoms with Crippen LogP contribution in [0.4, 0.5) is 19.0 Å². The van der Waals surface area contributed by atoms with Crippen molar-refractivity contribution in [1.29, 1.82) is 0 Å². The molecule has 0 unspecified atom stereocenters. The van der Waals surface area contributed by atoms with Gasteiger partial charge in [0.25, 0.3) is 0 Å². The highest BCUT2D eigenvalue weighted by Crippen LogP contribution is 2.29. The van der Waals surface area contributed by atoms with Crippen molar-refractivity contribution in [3.8, 4) is 0 Å². The fourth-order valence-electron chi connectivity index (χ4n) is 0.946. The molecule has 1 aromatic rings. The van der Waals surface area contributed by atoms with Gasteiger partial charge in [-0.15, -0.1) is 0 Å². The number of hydrogen-bond donors (Lipinski definition) is 1. The van der Waals surface area contributed by atoms with Crippen LogP contribution in [0.3, 0.4) is 0 Å². The summed E-state index contributed by atoms with van der Waals surface area (Å²) < 4.78 is 41.9. The van der Waals surface area contributed by atoms with Gasteiger partial charge in [0.1, 0.15) is 10.8 Å². The van der Waals surface area contributed by atoms with E-state index in [1.54, 1.807) is 0 Å². The molecule has 0 aromatic carbocycles. The molecule has 0 amide bonds. The summed E-state index contributed by atoms with van der Waals surface area (Å²) >= 11 is 0.847. The molecule has 0 spiro atoms. The van der Waals surface area contributed by atoms with Gasteiger partial charge in [0.2, 0.25) is 5.82 Å². The minimum atomic E-state index is -4.63. The molecular weight excluding hydrogens is 271 g/mol. The van der Waals surface area contributed by atoms with E-state index in [0.717, 1.165) is 11.8 Å². The molecule has 100 valence electrons. The molecule has 1 heterocycles. The highest BCUT2D eigenvalue weighted by molar-refractivity contribution is 7.99. The molecule has 9 heteroatoms. The molecule has 0 bridgehead atoms. The highest BCUT2D eigenvalue weighted by atomic mass is 32.2. The molecule has 0 aliphatic heterocycles. The van der Waals surface area contributed by atoms with Crippen molar-refractivity contribution >= 4 is 23.5 Å². The summed E-state index contributed by atoms with van der Waals surface area (Å²) in [4.78, 5) is 17.5. The number of hydrogen-bond acceptors (Lipinski definition) is 6. The summed E-state index contributed by atoms with van der Waals surface area (Å²) in [6, 6.07) is 1.32. The van der Waals surface area contributed by atoms with Crippen LogP contribution in [0.15, 0.2) is 11.1 Å². The van der Waals surface area contributed by atoms with Gasteiger partial charge in [0.15, 0.2) is 0 Å². The quantitative estimate of drug-likeness (QED) is 0.516. The molecule has 1 aromatic heterocycles. The molecule has 0 atom stereocenters. The van der Waals surface area contributed by atoms with Gasteiger partial charge >= 0.3 is 12.1 Å². The molecular formula is C9H10F3N3O2S. The van der Waals surface area contributed by atoms with Crippen LogP contribution >= 0.6 is 11.8 Å². The predicted molar refractivity (Wildman–Crippen MR) is 59.3 cm³/mol. The molecule has 0 aliphatic rings. The average molecular weight is 281 g/mol. The second-order valence-electron chi connectivity index (χ2n) is 3.03. The molecule has 18 heavy (non-hydrogen) atoms. The first-order valence-electron chi connectivity index (χ1n) is 4.70. The summed E-state index contributed by atoms with van der Waals surface area (Å²) in [5.74, 6) is -1.88. The highest BCUT2D eigenvalue weighted by Gasteiger charge is 2.35. The number of alkyl halides is 3. The first-order valence-corrected chi connectivity index (χ1v) is 5.69. The number of methoxy groups -OCH3 is 1. The Kier molecular flexibility index (Phi) is 4.76. The van der Waals surface area contributed by atoms with Gasteiger partial charge < -0.3 is 10.1 Å². The van der Waals surface area contributed by atoms with E-state index in [9.17, 15) is 18.0 Å². The topological polar surface area (TPSA) is 64.1 Å². The molecule has 1 N–H and O–H groups in total. The lowest BCUT2D eigenvalue weighted by atomic mass is 10.5. The van der Waals surface area contributed by atoms with Gasteiger partial charge in [-0.25, -0.2) is 9.97 Å². The Morgan fingerprint density at radius 2 is 2.17 bits per heavy atom. The molecule has 0 radical (unpaired) electrons. The summed E-state index contributed by atoms with van der Waals surface area (Å²) in [5, 5.41) is 2.55. The Hall–Kier alpha value is -1.51. The van der Waals surface area contributed by atoms with Crippen molar-refractivity contribution in [2.75, 3.05) is 25.2 Å². The number of carbonyl (C=O) groups is 1. The van der Waals surface area contributed by atoms with E-state index in [1.807, 2.05) is 0 Å². The van der Waals surface area contributed by atoms with Crippen molar-refractivity contribution in [3.63, 3.8) is 0 Å². The fourth-order valence-corrected chi connectivity index (χ4v) is 1.68.